The highest BCUT2D eigenvalue weighted by molar-refractivity contribution is 7.92. The molecule has 0 amide bonds. The van der Waals surface area contributed by atoms with Crippen LogP contribution in [-0.4, -0.2) is 32.9 Å². The molecule has 3 aromatic rings. The lowest BCUT2D eigenvalue weighted by atomic mass is 10.2. The first kappa shape index (κ1) is 15.8. The van der Waals surface area contributed by atoms with Crippen molar-refractivity contribution in [1.29, 1.82) is 0 Å². The molecule has 124 valence electrons. The number of benzene rings is 1. The number of nitro groups is 1. The molecule has 0 atom stereocenters. The number of nitro benzene ring substituents is 1. The largest absolute Gasteiger partial charge is 0.299 e. The number of hydrogen-bond donors (Lipinski definition) is 1. The van der Waals surface area contributed by atoms with E-state index in [-0.39, 0.29) is 17.2 Å². The summed E-state index contributed by atoms with van der Waals surface area (Å²) >= 11 is 0. The molecule has 1 N–H and O–H groups in total. The van der Waals surface area contributed by atoms with E-state index < -0.39 is 20.1 Å². The van der Waals surface area contributed by atoms with Crippen molar-refractivity contribution in [2.75, 3.05) is 4.72 Å². The van der Waals surface area contributed by atoms with Crippen LogP contribution in [0.1, 0.15) is 11.3 Å². The fourth-order valence-electron chi connectivity index (χ4n) is 2.08. The van der Waals surface area contributed by atoms with E-state index in [2.05, 4.69) is 19.8 Å². The Morgan fingerprint density at radius 2 is 1.96 bits per heavy atom. The Morgan fingerprint density at radius 1 is 1.21 bits per heavy atom. The fourth-order valence-corrected chi connectivity index (χ4v) is 3.10. The third-order valence-corrected chi connectivity index (χ3v) is 4.38. The van der Waals surface area contributed by atoms with Crippen LogP contribution in [0.3, 0.4) is 0 Å². The van der Waals surface area contributed by atoms with E-state index in [4.69, 9.17) is 0 Å². The number of aryl methyl sites for hydroxylation is 2. The van der Waals surface area contributed by atoms with Crippen molar-refractivity contribution in [2.45, 2.75) is 19.0 Å². The SMILES string of the molecule is Cc1ccn2nc(S(=O)(=O)Nc3c(C)cccc3[N+](=O)[O-])nc2n1. The second kappa shape index (κ2) is 5.53. The zero-order chi connectivity index (χ0) is 17.5. The van der Waals surface area contributed by atoms with E-state index in [0.717, 1.165) is 0 Å². The number of rotatable bonds is 4. The molecule has 0 radical (unpaired) electrons. The van der Waals surface area contributed by atoms with Crippen molar-refractivity contribution in [2.24, 2.45) is 0 Å². The quantitative estimate of drug-likeness (QED) is 0.557. The van der Waals surface area contributed by atoms with Crippen molar-refractivity contribution in [3.63, 3.8) is 0 Å². The van der Waals surface area contributed by atoms with Gasteiger partial charge < -0.3 is 0 Å². The molecule has 2 aromatic heterocycles. The number of sulfonamides is 1. The summed E-state index contributed by atoms with van der Waals surface area (Å²) in [6, 6.07) is 5.90. The Kier molecular flexibility index (Phi) is 3.64. The number of para-hydroxylation sites is 1. The zero-order valence-corrected chi connectivity index (χ0v) is 13.5. The molecular formula is C13H12N6O4S. The summed E-state index contributed by atoms with van der Waals surface area (Å²) in [5.74, 6) is 0.120. The lowest BCUT2D eigenvalue weighted by molar-refractivity contribution is -0.383. The molecule has 1 aromatic carbocycles. The Labute approximate surface area is 136 Å². The number of fused-ring (bicyclic) bond motifs is 1. The predicted molar refractivity (Wildman–Crippen MR) is 84.2 cm³/mol. The van der Waals surface area contributed by atoms with Gasteiger partial charge in [0.05, 0.1) is 4.92 Å². The second-order valence-corrected chi connectivity index (χ2v) is 6.62. The number of anilines is 1. The highest BCUT2D eigenvalue weighted by Crippen LogP contribution is 2.29. The minimum absolute atomic E-state index is 0.120. The molecule has 2 heterocycles. The van der Waals surface area contributed by atoms with Crippen LogP contribution in [0.15, 0.2) is 35.6 Å². The highest BCUT2D eigenvalue weighted by Gasteiger charge is 2.26. The molecule has 0 spiro atoms. The second-order valence-electron chi connectivity index (χ2n) is 5.04. The van der Waals surface area contributed by atoms with Gasteiger partial charge in [-0.15, -0.1) is 5.10 Å². The van der Waals surface area contributed by atoms with Gasteiger partial charge in [0.15, 0.2) is 0 Å². The van der Waals surface area contributed by atoms with Crippen LogP contribution in [0.25, 0.3) is 5.78 Å². The van der Waals surface area contributed by atoms with Crippen LogP contribution in [0.4, 0.5) is 11.4 Å². The summed E-state index contributed by atoms with van der Waals surface area (Å²) in [6.07, 6.45) is 1.53. The first-order valence-corrected chi connectivity index (χ1v) is 8.23. The van der Waals surface area contributed by atoms with Gasteiger partial charge in [0.1, 0.15) is 5.69 Å². The van der Waals surface area contributed by atoms with Crippen LogP contribution in [0.5, 0.6) is 0 Å². The maximum atomic E-state index is 12.5. The molecule has 11 heteroatoms. The van der Waals surface area contributed by atoms with Crippen LogP contribution >= 0.6 is 0 Å². The number of aromatic nitrogens is 4. The summed E-state index contributed by atoms with van der Waals surface area (Å²) in [5, 5.41) is 14.4. The summed E-state index contributed by atoms with van der Waals surface area (Å²) in [5.41, 5.74) is 0.591. The molecule has 0 saturated carbocycles. The lowest BCUT2D eigenvalue weighted by Crippen LogP contribution is -2.16. The molecule has 0 unspecified atom stereocenters. The van der Waals surface area contributed by atoms with Gasteiger partial charge in [-0.3, -0.25) is 14.8 Å². The van der Waals surface area contributed by atoms with E-state index in [1.54, 1.807) is 26.0 Å². The number of nitrogens with zero attached hydrogens (tertiary/aromatic N) is 5. The van der Waals surface area contributed by atoms with Crippen molar-refractivity contribution in [1.82, 2.24) is 19.6 Å². The van der Waals surface area contributed by atoms with Gasteiger partial charge in [-0.05, 0) is 25.5 Å². The molecule has 10 nitrogen and oxygen atoms in total. The van der Waals surface area contributed by atoms with Crippen LogP contribution in [0, 0.1) is 24.0 Å². The van der Waals surface area contributed by atoms with E-state index in [1.165, 1.54) is 22.8 Å². The summed E-state index contributed by atoms with van der Waals surface area (Å²) < 4.78 is 28.4. The van der Waals surface area contributed by atoms with Crippen LogP contribution < -0.4 is 4.72 Å². The molecule has 0 saturated heterocycles. The zero-order valence-electron chi connectivity index (χ0n) is 12.7. The average Bonchev–Trinajstić information content (AvgIpc) is 2.92. The van der Waals surface area contributed by atoms with E-state index in [0.29, 0.717) is 11.3 Å². The van der Waals surface area contributed by atoms with Gasteiger partial charge in [-0.25, -0.2) is 9.50 Å². The van der Waals surface area contributed by atoms with Crippen LogP contribution in [0.2, 0.25) is 0 Å². The van der Waals surface area contributed by atoms with Gasteiger partial charge >= 0.3 is 0 Å². The van der Waals surface area contributed by atoms with E-state index in [9.17, 15) is 18.5 Å². The topological polar surface area (TPSA) is 132 Å². The summed E-state index contributed by atoms with van der Waals surface area (Å²) in [4.78, 5) is 18.4. The Morgan fingerprint density at radius 3 is 2.67 bits per heavy atom. The molecule has 0 fully saturated rings. The van der Waals surface area contributed by atoms with Gasteiger partial charge in [0.25, 0.3) is 26.6 Å². The molecule has 24 heavy (non-hydrogen) atoms. The predicted octanol–water partition coefficient (Wildman–Crippen LogP) is 1.45. The highest BCUT2D eigenvalue weighted by atomic mass is 32.2. The fraction of sp³-hybridized carbons (Fsp3) is 0.154. The monoisotopic (exact) mass is 348 g/mol. The minimum Gasteiger partial charge on any atom is -0.270 e. The third kappa shape index (κ3) is 2.76. The van der Waals surface area contributed by atoms with Crippen molar-refractivity contribution < 1.29 is 13.3 Å². The third-order valence-electron chi connectivity index (χ3n) is 3.25. The van der Waals surface area contributed by atoms with E-state index in [1.807, 2.05) is 0 Å². The van der Waals surface area contributed by atoms with Crippen molar-refractivity contribution >= 4 is 27.2 Å². The maximum absolute atomic E-state index is 12.5. The Bertz CT molecular complexity index is 1060. The van der Waals surface area contributed by atoms with Crippen LogP contribution in [-0.2, 0) is 10.0 Å². The van der Waals surface area contributed by atoms with Gasteiger partial charge in [0, 0.05) is 18.0 Å². The normalized spacial score (nSPS) is 11.6. The van der Waals surface area contributed by atoms with Gasteiger partial charge in [-0.2, -0.15) is 13.4 Å². The lowest BCUT2D eigenvalue weighted by Gasteiger charge is -2.08. The average molecular weight is 348 g/mol. The Balaban J connectivity index is 2.07. The summed E-state index contributed by atoms with van der Waals surface area (Å²) in [6.45, 7) is 3.30. The molecule has 0 aliphatic carbocycles. The minimum atomic E-state index is -4.20. The molecule has 0 aliphatic rings. The first-order chi connectivity index (χ1) is 11.3. The van der Waals surface area contributed by atoms with E-state index >= 15 is 0 Å². The molecule has 3 rings (SSSR count). The van der Waals surface area contributed by atoms with Crippen molar-refractivity contribution in [3.05, 3.63) is 51.8 Å². The number of nitrogens with one attached hydrogen (secondary N) is 1. The molecule has 0 aliphatic heterocycles. The standard InChI is InChI=1S/C13H12N6O4S/c1-8-4-3-5-10(19(20)21)11(8)17-24(22,23)13-15-12-14-9(2)6-7-18(12)16-13/h3-7,17H,1-2H3. The molecule has 0 bridgehead atoms. The van der Waals surface area contributed by atoms with Gasteiger partial charge in [0.2, 0.25) is 0 Å². The maximum Gasteiger partial charge on any atom is 0.299 e. The smallest absolute Gasteiger partial charge is 0.270 e. The van der Waals surface area contributed by atoms with Crippen molar-refractivity contribution in [3.8, 4) is 0 Å². The summed E-state index contributed by atoms with van der Waals surface area (Å²) in [7, 11) is -4.20. The molecular weight excluding hydrogens is 336 g/mol. The Hall–Kier alpha value is -3.08. The first-order valence-electron chi connectivity index (χ1n) is 6.75. The number of hydrogen-bond acceptors (Lipinski definition) is 7. The van der Waals surface area contributed by atoms with Gasteiger partial charge in [-0.1, -0.05) is 12.1 Å².